The number of hydrogen-bond acceptors (Lipinski definition) is 4. The van der Waals surface area contributed by atoms with E-state index in [4.69, 9.17) is 0 Å². The monoisotopic (exact) mass is 301 g/mol. The number of thiazole rings is 1. The van der Waals surface area contributed by atoms with E-state index in [1.807, 2.05) is 42.1 Å². The van der Waals surface area contributed by atoms with Crippen LogP contribution in [0.2, 0.25) is 0 Å². The van der Waals surface area contributed by atoms with Gasteiger partial charge in [-0.15, -0.1) is 11.3 Å². The molecule has 21 heavy (non-hydrogen) atoms. The average Bonchev–Trinajstić information content (AvgIpc) is 3.11. The molecular formula is C15H15N3O2S. The average molecular weight is 301 g/mol. The topological polar surface area (TPSA) is 67.2 Å². The minimum absolute atomic E-state index is 0.178. The molecule has 0 unspecified atom stereocenters. The maximum atomic E-state index is 12.1. The van der Waals surface area contributed by atoms with Crippen molar-refractivity contribution in [1.82, 2.24) is 14.9 Å². The van der Waals surface area contributed by atoms with Gasteiger partial charge in [0, 0.05) is 31.0 Å². The number of aliphatic hydroxyl groups is 1. The van der Waals surface area contributed by atoms with Gasteiger partial charge in [-0.1, -0.05) is 0 Å². The van der Waals surface area contributed by atoms with Gasteiger partial charge in [0.05, 0.1) is 15.7 Å². The molecule has 0 aliphatic carbocycles. The van der Waals surface area contributed by atoms with Crippen molar-refractivity contribution in [2.45, 2.75) is 6.10 Å². The first-order valence-electron chi connectivity index (χ1n) is 6.56. The van der Waals surface area contributed by atoms with Crippen molar-refractivity contribution in [3.63, 3.8) is 0 Å². The summed E-state index contributed by atoms with van der Waals surface area (Å²) in [5.74, 6) is -0.196. The molecule has 2 N–H and O–H groups in total. The molecule has 2 aromatic heterocycles. The standard InChI is InChI=1S/C15H15N3O2S/c1-18-6-2-3-12(18)13(19)8-16-15(20)10-4-5-11-14(7-10)21-9-17-11/h2-7,9,13,19H,8H2,1H3,(H,16,20)/t13-/m0/s1. The van der Waals surface area contributed by atoms with E-state index in [0.717, 1.165) is 15.9 Å². The van der Waals surface area contributed by atoms with Gasteiger partial charge in [-0.05, 0) is 30.3 Å². The van der Waals surface area contributed by atoms with Gasteiger partial charge in [-0.3, -0.25) is 4.79 Å². The summed E-state index contributed by atoms with van der Waals surface area (Å²) in [6.07, 6.45) is 1.14. The number of benzene rings is 1. The maximum absolute atomic E-state index is 12.1. The molecule has 1 aromatic carbocycles. The first kappa shape index (κ1) is 13.8. The Labute approximate surface area is 125 Å². The molecule has 3 rings (SSSR count). The fourth-order valence-corrected chi connectivity index (χ4v) is 2.93. The van der Waals surface area contributed by atoms with Crippen LogP contribution >= 0.6 is 11.3 Å². The van der Waals surface area contributed by atoms with Crippen LogP contribution in [-0.4, -0.2) is 27.1 Å². The number of aliphatic hydroxyl groups excluding tert-OH is 1. The summed E-state index contributed by atoms with van der Waals surface area (Å²) in [7, 11) is 1.86. The Balaban J connectivity index is 1.67. The molecule has 2 heterocycles. The Morgan fingerprint density at radius 2 is 2.33 bits per heavy atom. The van der Waals surface area contributed by atoms with E-state index in [1.54, 1.807) is 11.6 Å². The number of aromatic nitrogens is 2. The van der Waals surface area contributed by atoms with Gasteiger partial charge in [-0.2, -0.15) is 0 Å². The summed E-state index contributed by atoms with van der Waals surface area (Å²) in [5, 5.41) is 12.8. The SMILES string of the molecule is Cn1cccc1[C@@H](O)CNC(=O)c1ccc2ncsc2c1. The first-order chi connectivity index (χ1) is 10.1. The molecule has 1 atom stereocenters. The Kier molecular flexibility index (Phi) is 3.72. The number of nitrogens with one attached hydrogen (secondary N) is 1. The predicted octanol–water partition coefficient (Wildman–Crippen LogP) is 2.10. The number of carbonyl (C=O) groups is 1. The van der Waals surface area contributed by atoms with E-state index in [0.29, 0.717) is 5.56 Å². The highest BCUT2D eigenvalue weighted by Crippen LogP contribution is 2.19. The van der Waals surface area contributed by atoms with Crippen molar-refractivity contribution in [2.24, 2.45) is 7.05 Å². The molecule has 0 spiro atoms. The van der Waals surface area contributed by atoms with Gasteiger partial charge in [-0.25, -0.2) is 4.98 Å². The summed E-state index contributed by atoms with van der Waals surface area (Å²) >= 11 is 1.50. The van der Waals surface area contributed by atoms with Crippen molar-refractivity contribution < 1.29 is 9.90 Å². The third-order valence-corrected chi connectivity index (χ3v) is 4.17. The first-order valence-corrected chi connectivity index (χ1v) is 7.44. The normalized spacial score (nSPS) is 12.5. The lowest BCUT2D eigenvalue weighted by atomic mass is 10.2. The van der Waals surface area contributed by atoms with Gasteiger partial charge in [0.2, 0.25) is 0 Å². The fraction of sp³-hybridized carbons (Fsp3) is 0.200. The molecule has 0 radical (unpaired) electrons. The summed E-state index contributed by atoms with van der Waals surface area (Å²) in [4.78, 5) is 16.3. The van der Waals surface area contributed by atoms with Gasteiger partial charge in [0.25, 0.3) is 5.91 Å². The second-order valence-corrected chi connectivity index (χ2v) is 5.69. The van der Waals surface area contributed by atoms with Gasteiger partial charge in [0.1, 0.15) is 6.10 Å². The third kappa shape index (κ3) is 2.81. The number of amides is 1. The van der Waals surface area contributed by atoms with Crippen LogP contribution in [0.3, 0.4) is 0 Å². The van der Waals surface area contributed by atoms with Gasteiger partial charge < -0.3 is 15.0 Å². The summed E-state index contributed by atoms with van der Waals surface area (Å²) in [5.41, 5.74) is 3.99. The molecule has 1 amide bonds. The smallest absolute Gasteiger partial charge is 0.251 e. The molecule has 0 saturated carbocycles. The molecule has 5 nitrogen and oxygen atoms in total. The number of nitrogens with zero attached hydrogens (tertiary/aromatic N) is 2. The zero-order chi connectivity index (χ0) is 14.8. The molecular weight excluding hydrogens is 286 g/mol. The number of carbonyl (C=O) groups excluding carboxylic acids is 1. The minimum atomic E-state index is -0.721. The highest BCUT2D eigenvalue weighted by molar-refractivity contribution is 7.16. The molecule has 0 bridgehead atoms. The molecule has 3 aromatic rings. The molecule has 108 valence electrons. The molecule has 0 aliphatic heterocycles. The van der Waals surface area contributed by atoms with Gasteiger partial charge in [0.15, 0.2) is 0 Å². The molecule has 0 saturated heterocycles. The Bertz CT molecular complexity index is 778. The third-order valence-electron chi connectivity index (χ3n) is 3.37. The molecule has 0 fully saturated rings. The lowest BCUT2D eigenvalue weighted by molar-refractivity contribution is 0.0912. The van der Waals surface area contributed by atoms with Gasteiger partial charge >= 0.3 is 0 Å². The molecule has 0 aliphatic rings. The summed E-state index contributed by atoms with van der Waals surface area (Å²) in [6.45, 7) is 0.178. The Morgan fingerprint density at radius 1 is 1.48 bits per heavy atom. The van der Waals surface area contributed by atoms with E-state index >= 15 is 0 Å². The highest BCUT2D eigenvalue weighted by Gasteiger charge is 2.13. The summed E-state index contributed by atoms with van der Waals surface area (Å²) in [6, 6.07) is 9.08. The largest absolute Gasteiger partial charge is 0.385 e. The lowest BCUT2D eigenvalue weighted by Crippen LogP contribution is -2.29. The van der Waals surface area contributed by atoms with Crippen molar-refractivity contribution in [2.75, 3.05) is 6.54 Å². The zero-order valence-electron chi connectivity index (χ0n) is 11.5. The maximum Gasteiger partial charge on any atom is 0.251 e. The fourth-order valence-electron chi connectivity index (χ4n) is 2.21. The van der Waals surface area contributed by atoms with E-state index in [1.165, 1.54) is 11.3 Å². The van der Waals surface area contributed by atoms with Crippen LogP contribution in [-0.2, 0) is 7.05 Å². The quantitative estimate of drug-likeness (QED) is 0.775. The zero-order valence-corrected chi connectivity index (χ0v) is 12.3. The number of fused-ring (bicyclic) bond motifs is 1. The predicted molar refractivity (Wildman–Crippen MR) is 82.3 cm³/mol. The van der Waals surface area contributed by atoms with Crippen molar-refractivity contribution in [3.8, 4) is 0 Å². The van der Waals surface area contributed by atoms with Crippen LogP contribution < -0.4 is 5.32 Å². The van der Waals surface area contributed by atoms with Crippen LogP contribution in [0.5, 0.6) is 0 Å². The molecule has 6 heteroatoms. The van der Waals surface area contributed by atoms with Crippen LogP contribution in [0, 0.1) is 0 Å². The van der Waals surface area contributed by atoms with Crippen molar-refractivity contribution in [3.05, 3.63) is 53.3 Å². The van der Waals surface area contributed by atoms with E-state index in [9.17, 15) is 9.90 Å². The minimum Gasteiger partial charge on any atom is -0.385 e. The van der Waals surface area contributed by atoms with E-state index in [-0.39, 0.29) is 12.5 Å². The van der Waals surface area contributed by atoms with Crippen LogP contribution in [0.1, 0.15) is 22.2 Å². The summed E-state index contributed by atoms with van der Waals surface area (Å²) < 4.78 is 2.81. The second kappa shape index (κ2) is 5.67. The van der Waals surface area contributed by atoms with Crippen LogP contribution in [0.25, 0.3) is 10.2 Å². The number of aryl methyl sites for hydroxylation is 1. The van der Waals surface area contributed by atoms with E-state index in [2.05, 4.69) is 10.3 Å². The van der Waals surface area contributed by atoms with Crippen LogP contribution in [0.15, 0.2) is 42.0 Å². The number of rotatable bonds is 4. The Morgan fingerprint density at radius 3 is 3.10 bits per heavy atom. The second-order valence-electron chi connectivity index (χ2n) is 4.80. The van der Waals surface area contributed by atoms with Crippen molar-refractivity contribution >= 4 is 27.5 Å². The van der Waals surface area contributed by atoms with E-state index < -0.39 is 6.10 Å². The van der Waals surface area contributed by atoms with Crippen LogP contribution in [0.4, 0.5) is 0 Å². The van der Waals surface area contributed by atoms with Crippen molar-refractivity contribution in [1.29, 1.82) is 0 Å². The highest BCUT2D eigenvalue weighted by atomic mass is 32.1. The number of hydrogen-bond donors (Lipinski definition) is 2. The lowest BCUT2D eigenvalue weighted by Gasteiger charge is -2.13. The Hall–Kier alpha value is -2.18.